The summed E-state index contributed by atoms with van der Waals surface area (Å²) >= 11 is 18.0. The SMILES string of the molecule is N#C/C(=C\c1cc(Cl)ccc1OCc1cccc(Cl)c1)C(=O)Nc1ccc(Cl)cc1. The minimum atomic E-state index is -0.555. The first-order chi connectivity index (χ1) is 14.4. The topological polar surface area (TPSA) is 62.1 Å². The van der Waals surface area contributed by atoms with E-state index in [-0.39, 0.29) is 12.2 Å². The minimum absolute atomic E-state index is 0.0974. The van der Waals surface area contributed by atoms with Gasteiger partial charge in [0.2, 0.25) is 0 Å². The van der Waals surface area contributed by atoms with Crippen molar-refractivity contribution in [2.24, 2.45) is 0 Å². The van der Waals surface area contributed by atoms with Crippen molar-refractivity contribution < 1.29 is 9.53 Å². The number of nitrogens with one attached hydrogen (secondary N) is 1. The molecule has 0 aliphatic rings. The van der Waals surface area contributed by atoms with Gasteiger partial charge >= 0.3 is 0 Å². The lowest BCUT2D eigenvalue weighted by atomic mass is 10.1. The quantitative estimate of drug-likeness (QED) is 0.328. The van der Waals surface area contributed by atoms with Crippen LogP contribution in [0.3, 0.4) is 0 Å². The van der Waals surface area contributed by atoms with Crippen LogP contribution in [0.4, 0.5) is 5.69 Å². The molecule has 0 aromatic heterocycles. The molecule has 0 saturated heterocycles. The van der Waals surface area contributed by atoms with Gasteiger partial charge in [-0.2, -0.15) is 5.26 Å². The van der Waals surface area contributed by atoms with Crippen molar-refractivity contribution in [3.63, 3.8) is 0 Å². The Labute approximate surface area is 189 Å². The number of hydrogen-bond donors (Lipinski definition) is 1. The van der Waals surface area contributed by atoms with Gasteiger partial charge < -0.3 is 10.1 Å². The molecule has 0 bridgehead atoms. The van der Waals surface area contributed by atoms with Gasteiger partial charge in [0.1, 0.15) is 24.0 Å². The van der Waals surface area contributed by atoms with Crippen LogP contribution in [0.1, 0.15) is 11.1 Å². The Morgan fingerprint density at radius 1 is 0.967 bits per heavy atom. The number of hydrogen-bond acceptors (Lipinski definition) is 3. The highest BCUT2D eigenvalue weighted by Crippen LogP contribution is 2.27. The number of carbonyl (C=O) groups excluding carboxylic acids is 1. The zero-order valence-corrected chi connectivity index (χ0v) is 17.8. The van der Waals surface area contributed by atoms with E-state index in [2.05, 4.69) is 5.32 Å². The number of anilines is 1. The smallest absolute Gasteiger partial charge is 0.266 e. The van der Waals surface area contributed by atoms with Crippen molar-refractivity contribution in [1.82, 2.24) is 0 Å². The molecule has 0 atom stereocenters. The molecule has 1 amide bonds. The second-order valence-corrected chi connectivity index (χ2v) is 7.54. The summed E-state index contributed by atoms with van der Waals surface area (Å²) < 4.78 is 5.87. The Morgan fingerprint density at radius 3 is 2.37 bits per heavy atom. The Balaban J connectivity index is 1.82. The van der Waals surface area contributed by atoms with E-state index in [4.69, 9.17) is 39.5 Å². The Kier molecular flexibility index (Phi) is 7.37. The average Bonchev–Trinajstić information content (AvgIpc) is 2.73. The van der Waals surface area contributed by atoms with Crippen molar-refractivity contribution in [2.75, 3.05) is 5.32 Å². The molecule has 1 N–H and O–H groups in total. The molecule has 7 heteroatoms. The normalized spacial score (nSPS) is 10.9. The van der Waals surface area contributed by atoms with Crippen molar-refractivity contribution in [2.45, 2.75) is 6.61 Å². The third-order valence-electron chi connectivity index (χ3n) is 4.02. The van der Waals surface area contributed by atoms with Crippen LogP contribution >= 0.6 is 34.8 Å². The van der Waals surface area contributed by atoms with Crippen molar-refractivity contribution in [3.8, 4) is 11.8 Å². The third-order valence-corrected chi connectivity index (χ3v) is 4.74. The van der Waals surface area contributed by atoms with E-state index in [9.17, 15) is 10.1 Å². The molecule has 0 radical (unpaired) electrons. The summed E-state index contributed by atoms with van der Waals surface area (Å²) in [6.07, 6.45) is 1.43. The van der Waals surface area contributed by atoms with E-state index in [1.165, 1.54) is 6.08 Å². The molecule has 3 aromatic rings. The maximum atomic E-state index is 12.5. The maximum Gasteiger partial charge on any atom is 0.266 e. The van der Waals surface area contributed by atoms with Crippen molar-refractivity contribution in [1.29, 1.82) is 5.26 Å². The number of amides is 1. The number of rotatable bonds is 6. The predicted molar refractivity (Wildman–Crippen MR) is 121 cm³/mol. The highest BCUT2D eigenvalue weighted by atomic mass is 35.5. The van der Waals surface area contributed by atoms with Gasteiger partial charge in [0.25, 0.3) is 5.91 Å². The molecule has 0 aliphatic carbocycles. The largest absolute Gasteiger partial charge is 0.488 e. The van der Waals surface area contributed by atoms with Crippen LogP contribution in [0.2, 0.25) is 15.1 Å². The van der Waals surface area contributed by atoms with Gasteiger partial charge in [-0.05, 0) is 66.2 Å². The van der Waals surface area contributed by atoms with Gasteiger partial charge in [-0.3, -0.25) is 4.79 Å². The van der Waals surface area contributed by atoms with Crippen LogP contribution in [0.25, 0.3) is 6.08 Å². The van der Waals surface area contributed by atoms with Crippen LogP contribution < -0.4 is 10.1 Å². The van der Waals surface area contributed by atoms with E-state index < -0.39 is 5.91 Å². The standard InChI is InChI=1S/C23H15Cl3N2O2/c24-18-4-7-21(8-5-18)28-23(29)17(13-27)11-16-12-20(26)6-9-22(16)30-14-15-2-1-3-19(25)10-15/h1-12H,14H2,(H,28,29)/b17-11+. The predicted octanol–water partition coefficient (Wildman–Crippen LogP) is 6.77. The van der Waals surface area contributed by atoms with E-state index in [0.29, 0.717) is 32.1 Å². The number of nitrogens with zero attached hydrogens (tertiary/aromatic N) is 1. The molecule has 3 rings (SSSR count). The lowest BCUT2D eigenvalue weighted by Crippen LogP contribution is -2.13. The summed E-state index contributed by atoms with van der Waals surface area (Å²) in [4.78, 5) is 12.5. The van der Waals surface area contributed by atoms with E-state index in [1.807, 2.05) is 18.2 Å². The first kappa shape index (κ1) is 21.7. The molecule has 0 unspecified atom stereocenters. The van der Waals surface area contributed by atoms with E-state index in [0.717, 1.165) is 5.56 Å². The second-order valence-electron chi connectivity index (χ2n) is 6.23. The molecule has 0 saturated carbocycles. The molecular weight excluding hydrogens is 443 g/mol. The van der Waals surface area contributed by atoms with Gasteiger partial charge in [0.05, 0.1) is 0 Å². The molecule has 0 fully saturated rings. The lowest BCUT2D eigenvalue weighted by Gasteiger charge is -2.11. The molecule has 3 aromatic carbocycles. The van der Waals surface area contributed by atoms with Gasteiger partial charge in [0, 0.05) is 26.3 Å². The zero-order valence-electron chi connectivity index (χ0n) is 15.5. The Morgan fingerprint density at radius 2 is 1.67 bits per heavy atom. The van der Waals surface area contributed by atoms with Crippen molar-refractivity contribution >= 4 is 52.5 Å². The summed E-state index contributed by atoms with van der Waals surface area (Å²) in [6, 6.07) is 20.8. The molecule has 0 spiro atoms. The van der Waals surface area contributed by atoms with Crippen LogP contribution in [0, 0.1) is 11.3 Å². The number of benzene rings is 3. The number of carbonyl (C=O) groups is 1. The van der Waals surface area contributed by atoms with Crippen LogP contribution in [0.15, 0.2) is 72.3 Å². The summed E-state index contributed by atoms with van der Waals surface area (Å²) in [5.41, 5.74) is 1.81. The van der Waals surface area contributed by atoms with Gasteiger partial charge in [-0.15, -0.1) is 0 Å². The third kappa shape index (κ3) is 6.01. The van der Waals surface area contributed by atoms with Crippen LogP contribution in [-0.4, -0.2) is 5.91 Å². The van der Waals surface area contributed by atoms with Crippen molar-refractivity contribution in [3.05, 3.63) is 98.5 Å². The van der Waals surface area contributed by atoms with Gasteiger partial charge in [-0.25, -0.2) is 0 Å². The summed E-state index contributed by atoms with van der Waals surface area (Å²) in [5, 5.41) is 13.8. The average molecular weight is 458 g/mol. The monoisotopic (exact) mass is 456 g/mol. The number of nitriles is 1. The van der Waals surface area contributed by atoms with E-state index in [1.54, 1.807) is 54.6 Å². The van der Waals surface area contributed by atoms with Gasteiger partial charge in [0.15, 0.2) is 0 Å². The zero-order chi connectivity index (χ0) is 21.5. The molecular formula is C23H15Cl3N2O2. The van der Waals surface area contributed by atoms with Gasteiger partial charge in [-0.1, -0.05) is 46.9 Å². The first-order valence-corrected chi connectivity index (χ1v) is 9.93. The Bertz CT molecular complexity index is 1140. The molecule has 30 heavy (non-hydrogen) atoms. The summed E-state index contributed by atoms with van der Waals surface area (Å²) in [6.45, 7) is 0.266. The highest BCUT2D eigenvalue weighted by molar-refractivity contribution is 6.31. The fourth-order valence-electron chi connectivity index (χ4n) is 2.59. The number of ether oxygens (including phenoxy) is 1. The lowest BCUT2D eigenvalue weighted by molar-refractivity contribution is -0.112. The first-order valence-electron chi connectivity index (χ1n) is 8.80. The molecule has 0 heterocycles. The fourth-order valence-corrected chi connectivity index (χ4v) is 3.11. The molecule has 0 aliphatic heterocycles. The maximum absolute atomic E-state index is 12.5. The minimum Gasteiger partial charge on any atom is -0.488 e. The Hall–Kier alpha value is -2.97. The molecule has 4 nitrogen and oxygen atoms in total. The molecule has 150 valence electrons. The summed E-state index contributed by atoms with van der Waals surface area (Å²) in [7, 11) is 0. The van der Waals surface area contributed by atoms with E-state index >= 15 is 0 Å². The highest BCUT2D eigenvalue weighted by Gasteiger charge is 2.12. The fraction of sp³-hybridized carbons (Fsp3) is 0.0435. The van der Waals surface area contributed by atoms with Crippen LogP contribution in [0.5, 0.6) is 5.75 Å². The summed E-state index contributed by atoms with van der Waals surface area (Å²) in [5.74, 6) is -0.0768. The van der Waals surface area contributed by atoms with Crippen LogP contribution in [-0.2, 0) is 11.4 Å². The number of halogens is 3. The second kappa shape index (κ2) is 10.2.